The summed E-state index contributed by atoms with van der Waals surface area (Å²) in [5.41, 5.74) is 1.41. The Morgan fingerprint density at radius 3 is 2.36 bits per heavy atom. The van der Waals surface area contributed by atoms with Crippen LogP contribution in [0.1, 0.15) is 30.0 Å². The maximum absolute atomic E-state index is 12.7. The van der Waals surface area contributed by atoms with Crippen molar-refractivity contribution in [2.75, 3.05) is 36.0 Å². The van der Waals surface area contributed by atoms with E-state index < -0.39 is 11.7 Å². The molecule has 0 radical (unpaired) electrons. The van der Waals surface area contributed by atoms with Crippen LogP contribution in [-0.2, 0) is 6.18 Å². The number of aromatic nitrogens is 4. The second-order valence-corrected chi connectivity index (χ2v) is 7.30. The molecule has 0 atom stereocenters. The molecule has 0 spiro atoms. The molecule has 0 bridgehead atoms. The Labute approximate surface area is 159 Å². The molecule has 2 fully saturated rings. The molecule has 0 amide bonds. The van der Waals surface area contributed by atoms with Gasteiger partial charge in [-0.1, -0.05) is 0 Å². The maximum atomic E-state index is 12.7. The second-order valence-electron chi connectivity index (χ2n) is 7.30. The van der Waals surface area contributed by atoms with Gasteiger partial charge in [-0.3, -0.25) is 0 Å². The van der Waals surface area contributed by atoms with Gasteiger partial charge in [0.1, 0.15) is 11.3 Å². The van der Waals surface area contributed by atoms with Crippen molar-refractivity contribution < 1.29 is 13.2 Å². The molecule has 3 aromatic heterocycles. The van der Waals surface area contributed by atoms with Crippen molar-refractivity contribution in [3.8, 4) is 0 Å². The Morgan fingerprint density at radius 1 is 0.964 bits per heavy atom. The molecule has 0 unspecified atom stereocenters. The predicted molar refractivity (Wildman–Crippen MR) is 98.6 cm³/mol. The van der Waals surface area contributed by atoms with Crippen molar-refractivity contribution in [2.24, 2.45) is 0 Å². The molecule has 1 aliphatic carbocycles. The van der Waals surface area contributed by atoms with Gasteiger partial charge in [0.05, 0.1) is 11.3 Å². The zero-order valence-electron chi connectivity index (χ0n) is 15.1. The third kappa shape index (κ3) is 3.14. The van der Waals surface area contributed by atoms with Crippen LogP contribution in [0.4, 0.5) is 24.8 Å². The van der Waals surface area contributed by atoms with Crippen molar-refractivity contribution in [2.45, 2.75) is 24.9 Å². The highest BCUT2D eigenvalue weighted by Gasteiger charge is 2.31. The third-order valence-electron chi connectivity index (χ3n) is 5.36. The first-order chi connectivity index (χ1) is 13.5. The van der Waals surface area contributed by atoms with E-state index in [9.17, 15) is 13.2 Å². The van der Waals surface area contributed by atoms with Crippen LogP contribution in [-0.4, -0.2) is 45.8 Å². The van der Waals surface area contributed by atoms with E-state index in [-0.39, 0.29) is 0 Å². The molecule has 3 aromatic rings. The van der Waals surface area contributed by atoms with Crippen molar-refractivity contribution >= 4 is 17.2 Å². The molecule has 28 heavy (non-hydrogen) atoms. The first kappa shape index (κ1) is 17.3. The van der Waals surface area contributed by atoms with Gasteiger partial charge in [0, 0.05) is 50.7 Å². The highest BCUT2D eigenvalue weighted by molar-refractivity contribution is 5.70. The Hall–Kier alpha value is -2.84. The minimum Gasteiger partial charge on any atom is -0.353 e. The lowest BCUT2D eigenvalue weighted by Gasteiger charge is -2.36. The summed E-state index contributed by atoms with van der Waals surface area (Å²) in [6, 6.07) is 4.66. The van der Waals surface area contributed by atoms with E-state index in [2.05, 4.69) is 26.0 Å². The number of alkyl halides is 3. The molecule has 1 saturated heterocycles. The zero-order chi connectivity index (χ0) is 19.3. The fraction of sp³-hybridized carbons (Fsp3) is 0.421. The van der Waals surface area contributed by atoms with E-state index in [0.717, 1.165) is 42.4 Å². The largest absolute Gasteiger partial charge is 0.417 e. The molecular formula is C19H19F3N6. The van der Waals surface area contributed by atoms with Crippen molar-refractivity contribution in [3.63, 3.8) is 0 Å². The van der Waals surface area contributed by atoms with E-state index in [1.165, 1.54) is 18.9 Å². The van der Waals surface area contributed by atoms with Crippen LogP contribution in [0.15, 0.2) is 36.8 Å². The molecule has 1 saturated carbocycles. The number of hydrogen-bond donors (Lipinski definition) is 0. The van der Waals surface area contributed by atoms with Gasteiger partial charge in [0.25, 0.3) is 0 Å². The number of anilines is 2. The first-order valence-corrected chi connectivity index (χ1v) is 9.36. The van der Waals surface area contributed by atoms with Crippen LogP contribution < -0.4 is 9.80 Å². The predicted octanol–water partition coefficient (Wildman–Crippen LogP) is 3.35. The van der Waals surface area contributed by atoms with E-state index in [1.807, 2.05) is 15.6 Å². The maximum Gasteiger partial charge on any atom is 0.417 e. The highest BCUT2D eigenvalue weighted by atomic mass is 19.4. The Bertz CT molecular complexity index is 985. The van der Waals surface area contributed by atoms with Crippen molar-refractivity contribution in [1.82, 2.24) is 19.6 Å². The summed E-state index contributed by atoms with van der Waals surface area (Å²) in [4.78, 5) is 12.8. The van der Waals surface area contributed by atoms with Crippen molar-refractivity contribution in [3.05, 3.63) is 48.0 Å². The minimum absolute atomic E-state index is 0.569. The van der Waals surface area contributed by atoms with Crippen molar-refractivity contribution in [1.29, 1.82) is 0 Å². The summed E-state index contributed by atoms with van der Waals surface area (Å²) < 4.78 is 40.0. The number of piperazine rings is 1. The summed E-state index contributed by atoms with van der Waals surface area (Å²) >= 11 is 0. The summed E-state index contributed by atoms with van der Waals surface area (Å²) in [5.74, 6) is 2.05. The van der Waals surface area contributed by atoms with E-state index in [0.29, 0.717) is 24.8 Å². The zero-order valence-corrected chi connectivity index (χ0v) is 15.1. The summed E-state index contributed by atoms with van der Waals surface area (Å²) in [5, 5.41) is 4.66. The molecule has 9 heteroatoms. The fourth-order valence-electron chi connectivity index (χ4n) is 3.64. The van der Waals surface area contributed by atoms with E-state index >= 15 is 0 Å². The number of pyridine rings is 1. The van der Waals surface area contributed by atoms with Gasteiger partial charge in [0.15, 0.2) is 5.82 Å². The van der Waals surface area contributed by atoms with Crippen LogP contribution >= 0.6 is 0 Å². The number of halogens is 3. The molecule has 0 N–H and O–H groups in total. The molecular weight excluding hydrogens is 369 g/mol. The number of hydrogen-bond acceptors (Lipinski definition) is 5. The average Bonchev–Trinajstić information content (AvgIpc) is 3.46. The monoisotopic (exact) mass is 388 g/mol. The third-order valence-corrected chi connectivity index (χ3v) is 5.36. The number of nitrogens with zero attached hydrogens (tertiary/aromatic N) is 6. The fourth-order valence-corrected chi connectivity index (χ4v) is 3.64. The lowest BCUT2D eigenvalue weighted by Crippen LogP contribution is -2.47. The van der Waals surface area contributed by atoms with Gasteiger partial charge < -0.3 is 9.80 Å². The molecule has 4 heterocycles. The van der Waals surface area contributed by atoms with Crippen LogP contribution in [0.2, 0.25) is 0 Å². The topological polar surface area (TPSA) is 49.6 Å². The smallest absolute Gasteiger partial charge is 0.353 e. The molecule has 146 valence electrons. The van der Waals surface area contributed by atoms with Gasteiger partial charge in [-0.2, -0.15) is 18.3 Å². The standard InChI is InChI=1S/C19H19F3N6/c20-19(21,22)14-3-4-17(24-12-14)26-7-9-27(10-8-26)18-16-11-15(13-1-2-13)25-28(16)6-5-23-18/h3-6,11-13H,1-2,7-10H2. The normalized spacial score (nSPS) is 18.1. The Balaban J connectivity index is 1.31. The highest BCUT2D eigenvalue weighted by Crippen LogP contribution is 2.40. The quantitative estimate of drug-likeness (QED) is 0.689. The molecule has 6 nitrogen and oxygen atoms in total. The van der Waals surface area contributed by atoms with Crippen LogP contribution in [0.25, 0.3) is 5.52 Å². The molecule has 0 aromatic carbocycles. The molecule has 5 rings (SSSR count). The van der Waals surface area contributed by atoms with Gasteiger partial charge in [-0.15, -0.1) is 0 Å². The lowest BCUT2D eigenvalue weighted by atomic mass is 10.2. The van der Waals surface area contributed by atoms with Gasteiger partial charge in [-0.25, -0.2) is 14.5 Å². The van der Waals surface area contributed by atoms with Gasteiger partial charge in [0.2, 0.25) is 0 Å². The average molecular weight is 388 g/mol. The summed E-state index contributed by atoms with van der Waals surface area (Å²) in [7, 11) is 0. The van der Waals surface area contributed by atoms with Crippen LogP contribution in [0.3, 0.4) is 0 Å². The molecule has 2 aliphatic rings. The SMILES string of the molecule is FC(F)(F)c1ccc(N2CCN(c3nccn4nc(C5CC5)cc34)CC2)nc1. The lowest BCUT2D eigenvalue weighted by molar-refractivity contribution is -0.137. The second kappa shape index (κ2) is 6.35. The Kier molecular flexibility index (Phi) is 3.92. The van der Waals surface area contributed by atoms with E-state index in [4.69, 9.17) is 0 Å². The number of fused-ring (bicyclic) bond motifs is 1. The summed E-state index contributed by atoms with van der Waals surface area (Å²) in [6.45, 7) is 2.79. The molecule has 1 aliphatic heterocycles. The van der Waals surface area contributed by atoms with Crippen LogP contribution in [0.5, 0.6) is 0 Å². The summed E-state index contributed by atoms with van der Waals surface area (Å²) in [6.07, 6.45) is 2.56. The van der Waals surface area contributed by atoms with Gasteiger partial charge in [-0.05, 0) is 31.0 Å². The number of rotatable bonds is 3. The first-order valence-electron chi connectivity index (χ1n) is 9.36. The van der Waals surface area contributed by atoms with E-state index in [1.54, 1.807) is 6.20 Å². The Morgan fingerprint density at radius 2 is 1.71 bits per heavy atom. The van der Waals surface area contributed by atoms with Crippen LogP contribution in [0, 0.1) is 0 Å². The van der Waals surface area contributed by atoms with Gasteiger partial charge >= 0.3 is 6.18 Å². The minimum atomic E-state index is -4.36.